The first kappa shape index (κ1) is 14.1. The van der Waals surface area contributed by atoms with Gasteiger partial charge < -0.3 is 19.6 Å². The van der Waals surface area contributed by atoms with Crippen LogP contribution in [0.15, 0.2) is 52.5 Å². The predicted octanol–water partition coefficient (Wildman–Crippen LogP) is 3.33. The highest BCUT2D eigenvalue weighted by Gasteiger charge is 2.33. The zero-order chi connectivity index (χ0) is 14.7. The van der Waals surface area contributed by atoms with Gasteiger partial charge in [0, 0.05) is 18.4 Å². The molecule has 0 aliphatic rings. The van der Waals surface area contributed by atoms with Crippen molar-refractivity contribution in [2.45, 2.75) is 12.2 Å². The molecule has 1 atom stereocenters. The molecular weight excluding hydrogens is 286 g/mol. The van der Waals surface area contributed by atoms with Crippen molar-refractivity contribution in [2.75, 3.05) is 13.6 Å². The zero-order valence-corrected chi connectivity index (χ0v) is 12.5. The van der Waals surface area contributed by atoms with E-state index in [1.165, 1.54) is 11.3 Å². The molecular formula is C16H17NO3S. The van der Waals surface area contributed by atoms with E-state index in [0.29, 0.717) is 24.3 Å². The summed E-state index contributed by atoms with van der Waals surface area (Å²) in [5.41, 5.74) is 0.650. The van der Waals surface area contributed by atoms with Gasteiger partial charge >= 0.3 is 0 Å². The Hall–Kier alpha value is -1.82. The molecule has 21 heavy (non-hydrogen) atoms. The molecule has 2 aromatic heterocycles. The smallest absolute Gasteiger partial charge is 0.245 e. The minimum absolute atomic E-state index is 0.446. The summed E-state index contributed by atoms with van der Waals surface area (Å²) < 4.78 is 11.4. The molecule has 2 heterocycles. The second-order valence-corrected chi connectivity index (χ2v) is 5.76. The van der Waals surface area contributed by atoms with Crippen molar-refractivity contribution in [1.29, 1.82) is 0 Å². The lowest BCUT2D eigenvalue weighted by molar-refractivity contribution is -0.147. The molecule has 5 heteroatoms. The third-order valence-corrected chi connectivity index (χ3v) is 4.34. The Bertz CT molecular complexity index is 707. The van der Waals surface area contributed by atoms with Crippen molar-refractivity contribution in [2.24, 2.45) is 0 Å². The van der Waals surface area contributed by atoms with Crippen molar-refractivity contribution < 1.29 is 14.3 Å². The van der Waals surface area contributed by atoms with E-state index in [9.17, 15) is 5.11 Å². The first-order valence-electron chi connectivity index (χ1n) is 6.79. The van der Waals surface area contributed by atoms with Crippen LogP contribution < -0.4 is 10.1 Å². The van der Waals surface area contributed by atoms with E-state index in [2.05, 4.69) is 5.32 Å². The number of nitrogens with one attached hydrogen (secondary N) is 1. The standard InChI is InChI=1S/C16H17NO3S/c1-17-9-8-16(18,14-6-3-11-21-14)20-13-5-2-4-12-7-10-19-15(12)13/h2-7,10-11,17-18H,8-9H2,1H3. The minimum Gasteiger partial charge on any atom is -0.460 e. The highest BCUT2D eigenvalue weighted by atomic mass is 32.1. The van der Waals surface area contributed by atoms with Crippen molar-refractivity contribution in [3.05, 3.63) is 52.9 Å². The van der Waals surface area contributed by atoms with Crippen molar-refractivity contribution in [1.82, 2.24) is 5.32 Å². The lowest BCUT2D eigenvalue weighted by Gasteiger charge is -2.28. The Morgan fingerprint density at radius 1 is 1.29 bits per heavy atom. The van der Waals surface area contributed by atoms with Gasteiger partial charge in [0.2, 0.25) is 5.79 Å². The van der Waals surface area contributed by atoms with Crippen LogP contribution in [0.4, 0.5) is 0 Å². The fraction of sp³-hybridized carbons (Fsp3) is 0.250. The minimum atomic E-state index is -1.36. The molecule has 0 fully saturated rings. The molecule has 110 valence electrons. The number of fused-ring (bicyclic) bond motifs is 1. The number of furan rings is 1. The Balaban J connectivity index is 1.96. The molecule has 0 amide bonds. The van der Waals surface area contributed by atoms with E-state index in [1.807, 2.05) is 48.8 Å². The van der Waals surface area contributed by atoms with Gasteiger partial charge in [-0.25, -0.2) is 0 Å². The summed E-state index contributed by atoms with van der Waals surface area (Å²) in [5.74, 6) is -0.817. The van der Waals surface area contributed by atoms with E-state index >= 15 is 0 Å². The average Bonchev–Trinajstić information content (AvgIpc) is 3.16. The third kappa shape index (κ3) is 2.81. The first-order chi connectivity index (χ1) is 10.2. The quantitative estimate of drug-likeness (QED) is 0.686. The van der Waals surface area contributed by atoms with Crippen molar-refractivity contribution in [3.63, 3.8) is 0 Å². The number of aliphatic hydroxyl groups is 1. The summed E-state index contributed by atoms with van der Waals surface area (Å²) in [6.45, 7) is 0.641. The Morgan fingerprint density at radius 3 is 2.95 bits per heavy atom. The van der Waals surface area contributed by atoms with Gasteiger partial charge in [-0.15, -0.1) is 11.3 Å². The van der Waals surface area contributed by atoms with Gasteiger partial charge in [0.05, 0.1) is 11.1 Å². The molecule has 3 aromatic rings. The number of hydrogen-bond acceptors (Lipinski definition) is 5. The molecule has 1 aromatic carbocycles. The summed E-state index contributed by atoms with van der Waals surface area (Å²) in [7, 11) is 1.85. The van der Waals surface area contributed by atoms with Crippen LogP contribution in [0.3, 0.4) is 0 Å². The predicted molar refractivity (Wildman–Crippen MR) is 83.6 cm³/mol. The normalized spacial score (nSPS) is 14.2. The summed E-state index contributed by atoms with van der Waals surface area (Å²) in [4.78, 5) is 0.779. The second-order valence-electron chi connectivity index (χ2n) is 4.81. The van der Waals surface area contributed by atoms with Crippen LogP contribution >= 0.6 is 11.3 Å². The van der Waals surface area contributed by atoms with E-state index in [4.69, 9.17) is 9.15 Å². The van der Waals surface area contributed by atoms with Crippen LogP contribution in [-0.4, -0.2) is 18.7 Å². The van der Waals surface area contributed by atoms with E-state index in [-0.39, 0.29) is 0 Å². The summed E-state index contributed by atoms with van der Waals surface area (Å²) >= 11 is 1.47. The van der Waals surface area contributed by atoms with Gasteiger partial charge in [0.25, 0.3) is 0 Å². The molecule has 0 radical (unpaired) electrons. The number of hydrogen-bond donors (Lipinski definition) is 2. The fourth-order valence-corrected chi connectivity index (χ4v) is 3.04. The van der Waals surface area contributed by atoms with Gasteiger partial charge in [-0.3, -0.25) is 0 Å². The van der Waals surface area contributed by atoms with Gasteiger partial charge in [-0.05, 0) is 30.6 Å². The molecule has 0 aliphatic heterocycles. The zero-order valence-electron chi connectivity index (χ0n) is 11.7. The first-order valence-corrected chi connectivity index (χ1v) is 7.67. The monoisotopic (exact) mass is 303 g/mol. The third-order valence-electron chi connectivity index (χ3n) is 3.34. The van der Waals surface area contributed by atoms with Crippen LogP contribution in [0.25, 0.3) is 11.0 Å². The topological polar surface area (TPSA) is 54.6 Å². The van der Waals surface area contributed by atoms with Gasteiger partial charge in [-0.2, -0.15) is 0 Å². The molecule has 1 unspecified atom stereocenters. The van der Waals surface area contributed by atoms with Crippen LogP contribution in [0.5, 0.6) is 5.75 Å². The number of para-hydroxylation sites is 1. The van der Waals surface area contributed by atoms with Crippen LogP contribution in [0.1, 0.15) is 11.3 Å². The van der Waals surface area contributed by atoms with Crippen molar-refractivity contribution in [3.8, 4) is 5.75 Å². The lowest BCUT2D eigenvalue weighted by Crippen LogP contribution is -2.35. The van der Waals surface area contributed by atoms with E-state index in [0.717, 1.165) is 10.3 Å². The molecule has 0 saturated heterocycles. The molecule has 4 nitrogen and oxygen atoms in total. The summed E-state index contributed by atoms with van der Waals surface area (Å²) in [5, 5.41) is 16.9. The maximum Gasteiger partial charge on any atom is 0.245 e. The maximum atomic E-state index is 11.0. The molecule has 0 saturated carbocycles. The van der Waals surface area contributed by atoms with Crippen LogP contribution in [-0.2, 0) is 5.79 Å². The number of benzene rings is 1. The lowest BCUT2D eigenvalue weighted by atomic mass is 10.1. The Kier molecular flexibility index (Phi) is 3.96. The average molecular weight is 303 g/mol. The highest BCUT2D eigenvalue weighted by Crippen LogP contribution is 2.35. The van der Waals surface area contributed by atoms with Crippen LogP contribution in [0.2, 0.25) is 0 Å². The van der Waals surface area contributed by atoms with Gasteiger partial charge in [0.15, 0.2) is 11.3 Å². The molecule has 0 spiro atoms. The van der Waals surface area contributed by atoms with E-state index < -0.39 is 5.79 Å². The second kappa shape index (κ2) is 5.89. The summed E-state index contributed by atoms with van der Waals surface area (Å²) in [6.07, 6.45) is 2.07. The Morgan fingerprint density at radius 2 is 2.19 bits per heavy atom. The molecule has 3 rings (SSSR count). The molecule has 2 N–H and O–H groups in total. The van der Waals surface area contributed by atoms with Crippen LogP contribution in [0, 0.1) is 0 Å². The maximum absolute atomic E-state index is 11.0. The Labute approximate surface area is 127 Å². The SMILES string of the molecule is CNCCC(O)(Oc1cccc2ccoc12)c1cccs1. The molecule has 0 aliphatic carbocycles. The van der Waals surface area contributed by atoms with Gasteiger partial charge in [-0.1, -0.05) is 18.2 Å². The largest absolute Gasteiger partial charge is 0.460 e. The fourth-order valence-electron chi connectivity index (χ4n) is 2.25. The number of rotatable bonds is 6. The summed E-state index contributed by atoms with van der Waals surface area (Å²) in [6, 6.07) is 11.3. The van der Waals surface area contributed by atoms with Gasteiger partial charge in [0.1, 0.15) is 0 Å². The number of thiophene rings is 1. The van der Waals surface area contributed by atoms with E-state index in [1.54, 1.807) is 6.26 Å². The highest BCUT2D eigenvalue weighted by molar-refractivity contribution is 7.10. The molecule has 0 bridgehead atoms. The van der Waals surface area contributed by atoms with Crippen molar-refractivity contribution >= 4 is 22.3 Å². The number of ether oxygens (including phenoxy) is 1.